The van der Waals surface area contributed by atoms with Gasteiger partial charge in [-0.1, -0.05) is 18.2 Å². The Morgan fingerprint density at radius 3 is 3.00 bits per heavy atom. The third kappa shape index (κ3) is 2.58. The molecule has 1 N–H and O–H groups in total. The van der Waals surface area contributed by atoms with Crippen molar-refractivity contribution < 1.29 is 4.74 Å². The van der Waals surface area contributed by atoms with Crippen molar-refractivity contribution in [2.75, 3.05) is 25.6 Å². The molecule has 1 aromatic carbocycles. The van der Waals surface area contributed by atoms with Gasteiger partial charge in [0.05, 0.1) is 16.8 Å². The molecule has 0 bridgehead atoms. The molecule has 18 heavy (non-hydrogen) atoms. The smallest absolute Gasteiger partial charge is 0.103 e. The lowest BCUT2D eigenvalue weighted by Gasteiger charge is -2.10. The minimum Gasteiger partial charge on any atom is -0.385 e. The largest absolute Gasteiger partial charge is 0.385 e. The molecule has 0 saturated carbocycles. The first-order valence-electron chi connectivity index (χ1n) is 5.87. The van der Waals surface area contributed by atoms with E-state index in [-0.39, 0.29) is 0 Å². The monoisotopic (exact) mass is 241 g/mol. The molecule has 0 aliphatic heterocycles. The molecule has 0 spiro atoms. The van der Waals surface area contributed by atoms with Crippen molar-refractivity contribution in [2.45, 2.75) is 6.42 Å². The number of nitriles is 1. The third-order valence-corrected chi connectivity index (χ3v) is 2.72. The van der Waals surface area contributed by atoms with E-state index in [1.165, 1.54) is 0 Å². The van der Waals surface area contributed by atoms with Crippen LogP contribution in [0.1, 0.15) is 12.0 Å². The number of fused-ring (bicyclic) bond motifs is 1. The molecule has 0 atom stereocenters. The first-order chi connectivity index (χ1) is 8.86. The predicted octanol–water partition coefficient (Wildman–Crippen LogP) is 2.55. The van der Waals surface area contributed by atoms with Crippen LogP contribution in [0.3, 0.4) is 0 Å². The van der Waals surface area contributed by atoms with Gasteiger partial charge in [0, 0.05) is 31.8 Å². The SMILES string of the molecule is COCCCNc1c(C#N)cnc2ccccc12. The first kappa shape index (κ1) is 12.3. The average Bonchev–Trinajstić information content (AvgIpc) is 2.43. The van der Waals surface area contributed by atoms with E-state index in [4.69, 9.17) is 10.00 Å². The topological polar surface area (TPSA) is 57.9 Å². The highest BCUT2D eigenvalue weighted by Crippen LogP contribution is 2.25. The number of rotatable bonds is 5. The van der Waals surface area contributed by atoms with Gasteiger partial charge in [-0.2, -0.15) is 5.26 Å². The van der Waals surface area contributed by atoms with Gasteiger partial charge in [0.15, 0.2) is 0 Å². The molecular weight excluding hydrogens is 226 g/mol. The first-order valence-corrected chi connectivity index (χ1v) is 5.87. The van der Waals surface area contributed by atoms with Crippen molar-refractivity contribution in [1.82, 2.24) is 4.98 Å². The van der Waals surface area contributed by atoms with Crippen molar-refractivity contribution in [3.05, 3.63) is 36.0 Å². The molecule has 0 unspecified atom stereocenters. The lowest BCUT2D eigenvalue weighted by atomic mass is 10.1. The zero-order valence-corrected chi connectivity index (χ0v) is 10.3. The second-order valence-electron chi connectivity index (χ2n) is 3.95. The van der Waals surface area contributed by atoms with E-state index in [2.05, 4.69) is 16.4 Å². The van der Waals surface area contributed by atoms with Crippen LogP contribution < -0.4 is 5.32 Å². The normalized spacial score (nSPS) is 10.2. The van der Waals surface area contributed by atoms with Crippen LogP contribution in [-0.4, -0.2) is 25.2 Å². The number of benzene rings is 1. The molecule has 0 radical (unpaired) electrons. The van der Waals surface area contributed by atoms with E-state index < -0.39 is 0 Å². The van der Waals surface area contributed by atoms with Gasteiger partial charge < -0.3 is 10.1 Å². The molecular formula is C14H15N3O. The summed E-state index contributed by atoms with van der Waals surface area (Å²) < 4.78 is 5.01. The van der Waals surface area contributed by atoms with Crippen LogP contribution in [0.25, 0.3) is 10.9 Å². The van der Waals surface area contributed by atoms with Gasteiger partial charge in [-0.05, 0) is 12.5 Å². The van der Waals surface area contributed by atoms with Crippen LogP contribution in [0.4, 0.5) is 5.69 Å². The number of methoxy groups -OCH3 is 1. The summed E-state index contributed by atoms with van der Waals surface area (Å²) in [6, 6.07) is 9.98. The summed E-state index contributed by atoms with van der Waals surface area (Å²) >= 11 is 0. The maximum Gasteiger partial charge on any atom is 0.103 e. The van der Waals surface area contributed by atoms with Gasteiger partial charge in [-0.25, -0.2) is 0 Å². The van der Waals surface area contributed by atoms with Crippen LogP contribution >= 0.6 is 0 Å². The highest BCUT2D eigenvalue weighted by atomic mass is 16.5. The quantitative estimate of drug-likeness (QED) is 0.817. The summed E-state index contributed by atoms with van der Waals surface area (Å²) in [5.41, 5.74) is 2.33. The number of hydrogen-bond acceptors (Lipinski definition) is 4. The van der Waals surface area contributed by atoms with E-state index in [0.717, 1.165) is 29.6 Å². The molecule has 4 nitrogen and oxygen atoms in total. The summed E-state index contributed by atoms with van der Waals surface area (Å²) in [5.74, 6) is 0. The van der Waals surface area contributed by atoms with Crippen LogP contribution in [-0.2, 0) is 4.74 Å². The van der Waals surface area contributed by atoms with E-state index in [9.17, 15) is 0 Å². The number of aromatic nitrogens is 1. The van der Waals surface area contributed by atoms with Crippen molar-refractivity contribution >= 4 is 16.6 Å². The van der Waals surface area contributed by atoms with E-state index >= 15 is 0 Å². The summed E-state index contributed by atoms with van der Waals surface area (Å²) in [4.78, 5) is 4.27. The molecule has 1 heterocycles. The van der Waals surface area contributed by atoms with Crippen molar-refractivity contribution in [3.63, 3.8) is 0 Å². The molecule has 92 valence electrons. The van der Waals surface area contributed by atoms with Crippen molar-refractivity contribution in [1.29, 1.82) is 5.26 Å². The van der Waals surface area contributed by atoms with Gasteiger partial charge >= 0.3 is 0 Å². The fourth-order valence-corrected chi connectivity index (χ4v) is 1.85. The van der Waals surface area contributed by atoms with Gasteiger partial charge in [-0.3, -0.25) is 4.98 Å². The van der Waals surface area contributed by atoms with E-state index in [0.29, 0.717) is 12.2 Å². The van der Waals surface area contributed by atoms with Gasteiger partial charge in [0.2, 0.25) is 0 Å². The average molecular weight is 241 g/mol. The van der Waals surface area contributed by atoms with Crippen LogP contribution in [0.2, 0.25) is 0 Å². The van der Waals surface area contributed by atoms with Crippen molar-refractivity contribution in [3.8, 4) is 6.07 Å². The molecule has 1 aromatic heterocycles. The van der Waals surface area contributed by atoms with Gasteiger partial charge in [-0.15, -0.1) is 0 Å². The van der Waals surface area contributed by atoms with Crippen molar-refractivity contribution in [2.24, 2.45) is 0 Å². The summed E-state index contributed by atoms with van der Waals surface area (Å²) in [6.07, 6.45) is 2.51. The Hall–Kier alpha value is -2.12. The number of ether oxygens (including phenoxy) is 1. The molecule has 0 amide bonds. The Balaban J connectivity index is 2.30. The zero-order valence-electron chi connectivity index (χ0n) is 10.3. The number of hydrogen-bond donors (Lipinski definition) is 1. The molecule has 0 saturated heterocycles. The number of para-hydroxylation sites is 1. The Labute approximate surface area is 106 Å². The maximum absolute atomic E-state index is 9.13. The minimum absolute atomic E-state index is 0.575. The van der Waals surface area contributed by atoms with Crippen LogP contribution in [0, 0.1) is 11.3 Å². The van der Waals surface area contributed by atoms with E-state index in [1.807, 2.05) is 24.3 Å². The number of pyridine rings is 1. The highest BCUT2D eigenvalue weighted by Gasteiger charge is 2.07. The third-order valence-electron chi connectivity index (χ3n) is 2.72. The molecule has 2 rings (SSSR count). The fraction of sp³-hybridized carbons (Fsp3) is 0.286. The highest BCUT2D eigenvalue weighted by molar-refractivity contribution is 5.93. The predicted molar refractivity (Wildman–Crippen MR) is 71.4 cm³/mol. The number of nitrogens with one attached hydrogen (secondary N) is 1. The summed E-state index contributed by atoms with van der Waals surface area (Å²) in [7, 11) is 1.68. The fourth-order valence-electron chi connectivity index (χ4n) is 1.85. The van der Waals surface area contributed by atoms with Gasteiger partial charge in [0.1, 0.15) is 6.07 Å². The van der Waals surface area contributed by atoms with Gasteiger partial charge in [0.25, 0.3) is 0 Å². The Morgan fingerprint density at radius 1 is 1.39 bits per heavy atom. The second-order valence-corrected chi connectivity index (χ2v) is 3.95. The molecule has 0 aliphatic carbocycles. The number of nitrogens with zero attached hydrogens (tertiary/aromatic N) is 2. The Morgan fingerprint density at radius 2 is 2.22 bits per heavy atom. The lowest BCUT2D eigenvalue weighted by Crippen LogP contribution is -2.06. The Kier molecular flexibility index (Phi) is 4.11. The standard InChI is InChI=1S/C14H15N3O/c1-18-8-4-7-16-14-11(9-15)10-17-13-6-3-2-5-12(13)14/h2-3,5-6,10H,4,7-8H2,1H3,(H,16,17). The van der Waals surface area contributed by atoms with Crippen LogP contribution in [0.5, 0.6) is 0 Å². The molecule has 4 heteroatoms. The molecule has 2 aromatic rings. The lowest BCUT2D eigenvalue weighted by molar-refractivity contribution is 0.198. The summed E-state index contributed by atoms with van der Waals surface area (Å²) in [5, 5.41) is 13.4. The maximum atomic E-state index is 9.13. The molecule has 0 aliphatic rings. The number of anilines is 1. The summed E-state index contributed by atoms with van der Waals surface area (Å²) in [6.45, 7) is 1.48. The van der Waals surface area contributed by atoms with E-state index in [1.54, 1.807) is 13.3 Å². The second kappa shape index (κ2) is 5.99. The Bertz CT molecular complexity index is 575. The minimum atomic E-state index is 0.575. The zero-order chi connectivity index (χ0) is 12.8. The van der Waals surface area contributed by atoms with Crippen LogP contribution in [0.15, 0.2) is 30.5 Å². The molecule has 0 fully saturated rings.